The molecule has 0 radical (unpaired) electrons. The van der Waals surface area contributed by atoms with Gasteiger partial charge in [-0.1, -0.05) is 27.7 Å². The highest BCUT2D eigenvalue weighted by Crippen LogP contribution is 2.34. The first-order chi connectivity index (χ1) is 8.87. The average Bonchev–Trinajstić information content (AvgIpc) is 2.38. The summed E-state index contributed by atoms with van der Waals surface area (Å²) in [6, 6.07) is 1.27. The first kappa shape index (κ1) is 15.3. The van der Waals surface area contributed by atoms with Gasteiger partial charge in [-0.15, -0.1) is 0 Å². The fraction of sp³-hybridized carbons (Fsp3) is 1.00. The van der Waals surface area contributed by atoms with Crippen molar-refractivity contribution >= 4 is 0 Å². The van der Waals surface area contributed by atoms with E-state index in [4.69, 9.17) is 4.74 Å². The Balaban J connectivity index is 2.13. The Morgan fingerprint density at radius 1 is 1.26 bits per heavy atom. The Morgan fingerprint density at radius 3 is 2.42 bits per heavy atom. The minimum Gasteiger partial charge on any atom is -0.381 e. The van der Waals surface area contributed by atoms with Crippen molar-refractivity contribution in [1.29, 1.82) is 0 Å². The summed E-state index contributed by atoms with van der Waals surface area (Å²) in [5, 5.41) is 3.77. The van der Waals surface area contributed by atoms with E-state index in [1.807, 2.05) is 0 Å². The van der Waals surface area contributed by atoms with Crippen LogP contribution in [0.3, 0.4) is 0 Å². The number of nitrogens with zero attached hydrogens (tertiary/aromatic N) is 1. The van der Waals surface area contributed by atoms with E-state index >= 15 is 0 Å². The van der Waals surface area contributed by atoms with Crippen LogP contribution in [0.4, 0.5) is 0 Å². The number of hydrogen-bond donors (Lipinski definition) is 1. The minimum absolute atomic E-state index is 0.332. The van der Waals surface area contributed by atoms with Crippen molar-refractivity contribution in [2.24, 2.45) is 5.41 Å². The number of nitrogens with one attached hydrogen (secondary N) is 1. The molecule has 3 heteroatoms. The average molecular weight is 268 g/mol. The van der Waals surface area contributed by atoms with Crippen LogP contribution in [0.15, 0.2) is 0 Å². The lowest BCUT2D eigenvalue weighted by atomic mass is 9.81. The minimum atomic E-state index is 0.332. The summed E-state index contributed by atoms with van der Waals surface area (Å²) in [5.41, 5.74) is 0.670. The molecule has 0 aromatic heterocycles. The summed E-state index contributed by atoms with van der Waals surface area (Å²) in [5.74, 6) is 0. The van der Waals surface area contributed by atoms with Crippen molar-refractivity contribution in [2.45, 2.75) is 71.5 Å². The fourth-order valence-electron chi connectivity index (χ4n) is 3.50. The molecule has 0 aliphatic carbocycles. The molecule has 2 fully saturated rings. The van der Waals surface area contributed by atoms with E-state index in [2.05, 4.69) is 44.8 Å². The van der Waals surface area contributed by atoms with Crippen LogP contribution in [0, 0.1) is 5.41 Å². The smallest absolute Gasteiger partial charge is 0.0483 e. The number of piperazine rings is 1. The van der Waals surface area contributed by atoms with Crippen LogP contribution in [0.2, 0.25) is 0 Å². The van der Waals surface area contributed by atoms with Gasteiger partial charge in [-0.05, 0) is 31.6 Å². The topological polar surface area (TPSA) is 24.5 Å². The predicted octanol–water partition coefficient (Wildman–Crippen LogP) is 2.65. The number of hydrogen-bond acceptors (Lipinski definition) is 3. The van der Waals surface area contributed by atoms with Crippen LogP contribution in [0.5, 0.6) is 0 Å². The highest BCUT2D eigenvalue weighted by molar-refractivity contribution is 4.99. The first-order valence-electron chi connectivity index (χ1n) is 7.95. The van der Waals surface area contributed by atoms with Crippen molar-refractivity contribution in [3.8, 4) is 0 Å². The number of rotatable bonds is 2. The molecule has 3 nitrogen and oxygen atoms in total. The molecule has 112 valence electrons. The third-order valence-electron chi connectivity index (χ3n) is 5.20. The summed E-state index contributed by atoms with van der Waals surface area (Å²) >= 11 is 0. The second kappa shape index (κ2) is 5.71. The third-order valence-corrected chi connectivity index (χ3v) is 5.20. The SMILES string of the molecule is CCC1CNC(C(C)(C)C)CN1C1(C)CCOCC1. The molecule has 0 saturated carbocycles. The van der Waals surface area contributed by atoms with Gasteiger partial charge in [0.05, 0.1) is 0 Å². The Kier molecular flexibility index (Phi) is 4.59. The summed E-state index contributed by atoms with van der Waals surface area (Å²) in [6.45, 7) is 16.0. The van der Waals surface area contributed by atoms with E-state index in [0.717, 1.165) is 19.8 Å². The molecule has 0 spiro atoms. The van der Waals surface area contributed by atoms with Gasteiger partial charge in [0, 0.05) is 43.9 Å². The van der Waals surface area contributed by atoms with Gasteiger partial charge >= 0.3 is 0 Å². The van der Waals surface area contributed by atoms with Gasteiger partial charge in [-0.25, -0.2) is 0 Å². The third kappa shape index (κ3) is 3.32. The van der Waals surface area contributed by atoms with Crippen molar-refractivity contribution in [3.05, 3.63) is 0 Å². The summed E-state index contributed by atoms with van der Waals surface area (Å²) < 4.78 is 5.58. The lowest BCUT2D eigenvalue weighted by molar-refractivity contribution is -0.0624. The van der Waals surface area contributed by atoms with Gasteiger partial charge in [-0.2, -0.15) is 0 Å². The lowest BCUT2D eigenvalue weighted by Crippen LogP contribution is -2.66. The standard InChI is InChI=1S/C16H32N2O/c1-6-13-11-17-14(15(2,3)4)12-18(13)16(5)7-9-19-10-8-16/h13-14,17H,6-12H2,1-5H3. The Labute approximate surface area is 119 Å². The maximum Gasteiger partial charge on any atom is 0.0483 e. The molecule has 0 aromatic carbocycles. The molecule has 1 N–H and O–H groups in total. The van der Waals surface area contributed by atoms with E-state index in [0.29, 0.717) is 23.0 Å². The molecular formula is C16H32N2O. The van der Waals surface area contributed by atoms with Crippen LogP contribution in [-0.2, 0) is 4.74 Å². The van der Waals surface area contributed by atoms with E-state index < -0.39 is 0 Å². The molecule has 2 atom stereocenters. The van der Waals surface area contributed by atoms with Crippen molar-refractivity contribution in [3.63, 3.8) is 0 Å². The first-order valence-corrected chi connectivity index (χ1v) is 7.95. The van der Waals surface area contributed by atoms with Gasteiger partial charge in [0.25, 0.3) is 0 Å². The van der Waals surface area contributed by atoms with Crippen LogP contribution < -0.4 is 5.32 Å². The Hall–Kier alpha value is -0.120. The second-order valence-corrected chi connectivity index (χ2v) is 7.65. The number of ether oxygens (including phenoxy) is 1. The maximum atomic E-state index is 5.58. The van der Waals surface area contributed by atoms with Crippen molar-refractivity contribution in [1.82, 2.24) is 10.2 Å². The lowest BCUT2D eigenvalue weighted by Gasteiger charge is -2.53. The molecule has 2 aliphatic rings. The molecule has 2 aliphatic heterocycles. The maximum absolute atomic E-state index is 5.58. The largest absolute Gasteiger partial charge is 0.381 e. The molecule has 2 saturated heterocycles. The van der Waals surface area contributed by atoms with Gasteiger partial charge in [-0.3, -0.25) is 4.90 Å². The molecule has 2 rings (SSSR count). The highest BCUT2D eigenvalue weighted by Gasteiger charge is 2.42. The zero-order chi connectivity index (χ0) is 14.1. The summed E-state index contributed by atoms with van der Waals surface area (Å²) in [6.07, 6.45) is 3.60. The van der Waals surface area contributed by atoms with Crippen molar-refractivity contribution < 1.29 is 4.74 Å². The van der Waals surface area contributed by atoms with Crippen LogP contribution >= 0.6 is 0 Å². The molecule has 2 heterocycles. The van der Waals surface area contributed by atoms with Crippen LogP contribution in [-0.4, -0.2) is 48.8 Å². The van der Waals surface area contributed by atoms with Gasteiger partial charge in [0.1, 0.15) is 0 Å². The van der Waals surface area contributed by atoms with Gasteiger partial charge in [0.2, 0.25) is 0 Å². The van der Waals surface area contributed by atoms with Gasteiger partial charge in [0.15, 0.2) is 0 Å². The Bertz CT molecular complexity index is 292. The van der Waals surface area contributed by atoms with E-state index in [1.54, 1.807) is 0 Å². The molecule has 0 bridgehead atoms. The van der Waals surface area contributed by atoms with E-state index in [-0.39, 0.29) is 0 Å². The van der Waals surface area contributed by atoms with E-state index in [1.165, 1.54) is 25.8 Å². The summed E-state index contributed by atoms with van der Waals surface area (Å²) in [7, 11) is 0. The fourth-order valence-corrected chi connectivity index (χ4v) is 3.50. The summed E-state index contributed by atoms with van der Waals surface area (Å²) in [4.78, 5) is 2.79. The van der Waals surface area contributed by atoms with E-state index in [9.17, 15) is 0 Å². The zero-order valence-corrected chi connectivity index (χ0v) is 13.5. The normalized spacial score (nSPS) is 33.3. The second-order valence-electron chi connectivity index (χ2n) is 7.65. The quantitative estimate of drug-likeness (QED) is 0.833. The predicted molar refractivity (Wildman–Crippen MR) is 80.5 cm³/mol. The molecule has 0 amide bonds. The van der Waals surface area contributed by atoms with Crippen LogP contribution in [0.1, 0.15) is 53.9 Å². The molecule has 0 aromatic rings. The Morgan fingerprint density at radius 2 is 1.89 bits per heavy atom. The molecular weight excluding hydrogens is 236 g/mol. The monoisotopic (exact) mass is 268 g/mol. The molecule has 19 heavy (non-hydrogen) atoms. The molecule has 2 unspecified atom stereocenters. The van der Waals surface area contributed by atoms with Gasteiger partial charge < -0.3 is 10.1 Å². The zero-order valence-electron chi connectivity index (χ0n) is 13.5. The highest BCUT2D eigenvalue weighted by atomic mass is 16.5. The van der Waals surface area contributed by atoms with Crippen LogP contribution in [0.25, 0.3) is 0 Å². The van der Waals surface area contributed by atoms with Crippen molar-refractivity contribution in [2.75, 3.05) is 26.3 Å².